The summed E-state index contributed by atoms with van der Waals surface area (Å²) in [5.74, 6) is 3.15. The van der Waals surface area contributed by atoms with Crippen molar-refractivity contribution >= 4 is 17.5 Å². The normalized spacial score (nSPS) is 15.0. The molecular formula is C23H34N6O2. The van der Waals surface area contributed by atoms with Crippen LogP contribution in [-0.4, -0.2) is 69.3 Å². The number of rotatable bonds is 8. The van der Waals surface area contributed by atoms with Gasteiger partial charge in [-0.25, -0.2) is 9.98 Å². The Labute approximate surface area is 185 Å². The topological polar surface area (TPSA) is 74.3 Å². The predicted octanol–water partition coefficient (Wildman–Crippen LogP) is 2.82. The molecule has 0 amide bonds. The average molecular weight is 427 g/mol. The van der Waals surface area contributed by atoms with Crippen molar-refractivity contribution < 1.29 is 9.47 Å². The van der Waals surface area contributed by atoms with E-state index in [1.807, 2.05) is 37.4 Å². The first-order valence-corrected chi connectivity index (χ1v) is 10.9. The monoisotopic (exact) mass is 426 g/mol. The van der Waals surface area contributed by atoms with E-state index in [4.69, 9.17) is 14.5 Å². The molecule has 1 fully saturated rings. The van der Waals surface area contributed by atoms with Gasteiger partial charge in [0.05, 0.1) is 20.3 Å². The number of hydrogen-bond donors (Lipinski definition) is 2. The smallest absolute Gasteiger partial charge is 0.196 e. The maximum atomic E-state index is 5.69. The second-order valence-electron chi connectivity index (χ2n) is 7.40. The SMILES string of the molecule is CCNC(=NCc1cccnc1N1CCN(C)CC1)Nc1ccc(OC)c(OCC)c1. The van der Waals surface area contributed by atoms with E-state index < -0.39 is 0 Å². The van der Waals surface area contributed by atoms with Gasteiger partial charge < -0.3 is 29.9 Å². The van der Waals surface area contributed by atoms with E-state index in [9.17, 15) is 0 Å². The first kappa shape index (κ1) is 22.7. The molecule has 168 valence electrons. The quantitative estimate of drug-likeness (QED) is 0.497. The van der Waals surface area contributed by atoms with E-state index >= 15 is 0 Å². The van der Waals surface area contributed by atoms with Crippen LogP contribution in [0.1, 0.15) is 19.4 Å². The molecule has 1 aliphatic heterocycles. The van der Waals surface area contributed by atoms with E-state index in [0.717, 1.165) is 49.8 Å². The van der Waals surface area contributed by atoms with Crippen LogP contribution in [0.2, 0.25) is 0 Å². The number of piperazine rings is 1. The van der Waals surface area contributed by atoms with Gasteiger partial charge in [-0.3, -0.25) is 0 Å². The van der Waals surface area contributed by atoms with E-state index in [1.54, 1.807) is 7.11 Å². The summed E-state index contributed by atoms with van der Waals surface area (Å²) in [6.45, 7) is 9.94. The predicted molar refractivity (Wildman–Crippen MR) is 127 cm³/mol. The number of aliphatic imine (C=N–C) groups is 1. The van der Waals surface area contributed by atoms with Gasteiger partial charge in [0.25, 0.3) is 0 Å². The Morgan fingerprint density at radius 2 is 1.94 bits per heavy atom. The molecule has 1 aromatic carbocycles. The molecule has 1 saturated heterocycles. The molecular weight excluding hydrogens is 392 g/mol. The van der Waals surface area contributed by atoms with Crippen LogP contribution in [0.4, 0.5) is 11.5 Å². The summed E-state index contributed by atoms with van der Waals surface area (Å²) in [4.78, 5) is 14.2. The number of anilines is 2. The molecule has 8 heteroatoms. The van der Waals surface area contributed by atoms with Crippen molar-refractivity contribution in [2.45, 2.75) is 20.4 Å². The lowest BCUT2D eigenvalue weighted by atomic mass is 10.2. The first-order chi connectivity index (χ1) is 15.1. The zero-order chi connectivity index (χ0) is 22.1. The van der Waals surface area contributed by atoms with Crippen molar-refractivity contribution in [3.63, 3.8) is 0 Å². The van der Waals surface area contributed by atoms with Gasteiger partial charge in [0.1, 0.15) is 5.82 Å². The highest BCUT2D eigenvalue weighted by molar-refractivity contribution is 5.94. The number of nitrogens with zero attached hydrogens (tertiary/aromatic N) is 4. The van der Waals surface area contributed by atoms with E-state index in [-0.39, 0.29) is 0 Å². The molecule has 0 atom stereocenters. The molecule has 0 bridgehead atoms. The Morgan fingerprint density at radius 3 is 2.65 bits per heavy atom. The number of methoxy groups -OCH3 is 1. The standard InChI is InChI=1S/C23H34N6O2/c1-5-24-23(27-19-9-10-20(30-4)21(16-19)31-6-2)26-17-18-8-7-11-25-22(18)29-14-12-28(3)13-15-29/h7-11,16H,5-6,12-15,17H2,1-4H3,(H2,24,26,27). The van der Waals surface area contributed by atoms with Crippen LogP contribution in [0.5, 0.6) is 11.5 Å². The van der Waals surface area contributed by atoms with Gasteiger partial charge in [-0.2, -0.15) is 0 Å². The minimum Gasteiger partial charge on any atom is -0.493 e. The number of ether oxygens (including phenoxy) is 2. The number of guanidine groups is 1. The van der Waals surface area contributed by atoms with Gasteiger partial charge >= 0.3 is 0 Å². The average Bonchev–Trinajstić information content (AvgIpc) is 2.79. The molecule has 1 aliphatic rings. The van der Waals surface area contributed by atoms with Gasteiger partial charge in [-0.05, 0) is 39.1 Å². The van der Waals surface area contributed by atoms with Gasteiger partial charge in [0.15, 0.2) is 17.5 Å². The summed E-state index contributed by atoms with van der Waals surface area (Å²) >= 11 is 0. The number of pyridine rings is 1. The van der Waals surface area contributed by atoms with E-state index in [2.05, 4.69) is 45.5 Å². The third kappa shape index (κ3) is 6.24. The minimum absolute atomic E-state index is 0.541. The van der Waals surface area contributed by atoms with Crippen molar-refractivity contribution in [2.24, 2.45) is 4.99 Å². The van der Waals surface area contributed by atoms with Crippen LogP contribution >= 0.6 is 0 Å². The minimum atomic E-state index is 0.541. The maximum absolute atomic E-state index is 5.69. The maximum Gasteiger partial charge on any atom is 0.196 e. The number of hydrogen-bond acceptors (Lipinski definition) is 6. The molecule has 2 aromatic rings. The third-order valence-corrected chi connectivity index (χ3v) is 5.15. The summed E-state index contributed by atoms with van der Waals surface area (Å²) in [5, 5.41) is 6.68. The second-order valence-corrected chi connectivity index (χ2v) is 7.40. The lowest BCUT2D eigenvalue weighted by Crippen LogP contribution is -2.45. The highest BCUT2D eigenvalue weighted by Gasteiger charge is 2.18. The number of benzene rings is 1. The van der Waals surface area contributed by atoms with Crippen LogP contribution in [-0.2, 0) is 6.54 Å². The third-order valence-electron chi connectivity index (χ3n) is 5.15. The van der Waals surface area contributed by atoms with Crippen LogP contribution in [0, 0.1) is 0 Å². The number of aromatic nitrogens is 1. The molecule has 0 spiro atoms. The molecule has 2 heterocycles. The molecule has 2 N–H and O–H groups in total. The van der Waals surface area contributed by atoms with E-state index in [0.29, 0.717) is 30.6 Å². The zero-order valence-electron chi connectivity index (χ0n) is 19.0. The summed E-state index contributed by atoms with van der Waals surface area (Å²) < 4.78 is 11.1. The van der Waals surface area contributed by atoms with Crippen LogP contribution in [0.25, 0.3) is 0 Å². The van der Waals surface area contributed by atoms with Crippen molar-refractivity contribution in [3.8, 4) is 11.5 Å². The Balaban J connectivity index is 1.76. The largest absolute Gasteiger partial charge is 0.493 e. The second kappa shape index (κ2) is 11.4. The van der Waals surface area contributed by atoms with Gasteiger partial charge in [0, 0.05) is 56.2 Å². The molecule has 8 nitrogen and oxygen atoms in total. The molecule has 1 aromatic heterocycles. The fourth-order valence-corrected chi connectivity index (χ4v) is 3.49. The Hall–Kier alpha value is -3.00. The molecule has 0 saturated carbocycles. The Morgan fingerprint density at radius 1 is 1.13 bits per heavy atom. The Bertz CT molecular complexity index is 865. The highest BCUT2D eigenvalue weighted by Crippen LogP contribution is 2.30. The van der Waals surface area contributed by atoms with Crippen LogP contribution < -0.4 is 25.0 Å². The van der Waals surface area contributed by atoms with E-state index in [1.165, 1.54) is 0 Å². The number of likely N-dealkylation sites (N-methyl/N-ethyl adjacent to an activating group) is 1. The van der Waals surface area contributed by atoms with Crippen LogP contribution in [0.3, 0.4) is 0 Å². The highest BCUT2D eigenvalue weighted by atomic mass is 16.5. The summed E-state index contributed by atoms with van der Waals surface area (Å²) in [7, 11) is 3.80. The lowest BCUT2D eigenvalue weighted by molar-refractivity contribution is 0.311. The Kier molecular flexibility index (Phi) is 8.35. The van der Waals surface area contributed by atoms with Gasteiger partial charge in [-0.1, -0.05) is 6.07 Å². The number of nitrogens with one attached hydrogen (secondary N) is 2. The fraction of sp³-hybridized carbons (Fsp3) is 0.478. The van der Waals surface area contributed by atoms with Crippen molar-refractivity contribution in [1.82, 2.24) is 15.2 Å². The fourth-order valence-electron chi connectivity index (χ4n) is 3.49. The molecule has 0 unspecified atom stereocenters. The van der Waals surface area contributed by atoms with Crippen LogP contribution in [0.15, 0.2) is 41.5 Å². The van der Waals surface area contributed by atoms with Crippen molar-refractivity contribution in [3.05, 3.63) is 42.1 Å². The molecule has 3 rings (SSSR count). The lowest BCUT2D eigenvalue weighted by Gasteiger charge is -2.34. The van der Waals surface area contributed by atoms with Crippen molar-refractivity contribution in [1.29, 1.82) is 0 Å². The van der Waals surface area contributed by atoms with Gasteiger partial charge in [-0.15, -0.1) is 0 Å². The van der Waals surface area contributed by atoms with Gasteiger partial charge in [0.2, 0.25) is 0 Å². The first-order valence-electron chi connectivity index (χ1n) is 10.9. The summed E-state index contributed by atoms with van der Waals surface area (Å²) in [6, 6.07) is 9.85. The summed E-state index contributed by atoms with van der Waals surface area (Å²) in [5.41, 5.74) is 2.00. The molecule has 0 aliphatic carbocycles. The summed E-state index contributed by atoms with van der Waals surface area (Å²) in [6.07, 6.45) is 1.86. The zero-order valence-corrected chi connectivity index (χ0v) is 19.0. The molecule has 0 radical (unpaired) electrons. The van der Waals surface area contributed by atoms with Crippen molar-refractivity contribution in [2.75, 3.05) is 63.7 Å². The molecule has 31 heavy (non-hydrogen) atoms.